The van der Waals surface area contributed by atoms with E-state index in [1.165, 1.54) is 244 Å². The largest absolute Gasteiger partial charge is 0.462 e. The number of allylic oxidation sites excluding steroid dienone is 4. The zero-order valence-corrected chi connectivity index (χ0v) is 48.7. The van der Waals surface area contributed by atoms with Gasteiger partial charge in [-0.05, 0) is 51.4 Å². The Hall–Kier alpha value is -2.11. The highest BCUT2D eigenvalue weighted by atomic mass is 16.6. The molecule has 1 unspecified atom stereocenters. The van der Waals surface area contributed by atoms with Crippen molar-refractivity contribution in [2.75, 3.05) is 13.2 Å². The van der Waals surface area contributed by atoms with Gasteiger partial charge in [0.05, 0.1) is 0 Å². The smallest absolute Gasteiger partial charge is 0.306 e. The van der Waals surface area contributed by atoms with Crippen LogP contribution >= 0.6 is 0 Å². The van der Waals surface area contributed by atoms with Crippen LogP contribution in [-0.2, 0) is 28.6 Å². The van der Waals surface area contributed by atoms with Gasteiger partial charge in [-0.15, -0.1) is 0 Å². The Morgan fingerprint density at radius 2 is 0.500 bits per heavy atom. The molecule has 0 aromatic heterocycles. The maximum atomic E-state index is 12.8. The second kappa shape index (κ2) is 61.4. The molecule has 0 N–H and O–H groups in total. The van der Waals surface area contributed by atoms with Crippen molar-refractivity contribution in [2.45, 2.75) is 367 Å². The summed E-state index contributed by atoms with van der Waals surface area (Å²) >= 11 is 0. The summed E-state index contributed by atoms with van der Waals surface area (Å²) in [5, 5.41) is 0. The zero-order valence-electron chi connectivity index (χ0n) is 48.7. The summed E-state index contributed by atoms with van der Waals surface area (Å²) in [7, 11) is 0. The fourth-order valence-electron chi connectivity index (χ4n) is 9.83. The van der Waals surface area contributed by atoms with Crippen molar-refractivity contribution in [1.29, 1.82) is 0 Å². The average molecular weight is 1010 g/mol. The van der Waals surface area contributed by atoms with Crippen molar-refractivity contribution >= 4 is 17.9 Å². The fourth-order valence-corrected chi connectivity index (χ4v) is 9.83. The van der Waals surface area contributed by atoms with Crippen molar-refractivity contribution in [3.8, 4) is 0 Å². The number of esters is 3. The van der Waals surface area contributed by atoms with Crippen LogP contribution in [0.2, 0.25) is 0 Å². The molecule has 0 bridgehead atoms. The second-order valence-corrected chi connectivity index (χ2v) is 22.0. The van der Waals surface area contributed by atoms with Gasteiger partial charge in [0.25, 0.3) is 0 Å². The molecular weight excluding hydrogens is 889 g/mol. The Bertz CT molecular complexity index is 1160. The topological polar surface area (TPSA) is 78.9 Å². The quantitative estimate of drug-likeness (QED) is 0.0261. The predicted octanol–water partition coefficient (Wildman–Crippen LogP) is 21.8. The molecule has 0 fully saturated rings. The Kier molecular flexibility index (Phi) is 59.6. The van der Waals surface area contributed by atoms with Crippen LogP contribution in [0.4, 0.5) is 0 Å². The first kappa shape index (κ1) is 69.9. The van der Waals surface area contributed by atoms with E-state index in [0.29, 0.717) is 19.3 Å². The third-order valence-electron chi connectivity index (χ3n) is 14.7. The molecular formula is C66H124O6. The number of hydrogen-bond acceptors (Lipinski definition) is 6. The van der Waals surface area contributed by atoms with Gasteiger partial charge in [0.15, 0.2) is 6.10 Å². The van der Waals surface area contributed by atoms with E-state index in [9.17, 15) is 14.4 Å². The van der Waals surface area contributed by atoms with Crippen LogP contribution in [0.15, 0.2) is 24.3 Å². The highest BCUT2D eigenvalue weighted by Gasteiger charge is 2.19. The summed E-state index contributed by atoms with van der Waals surface area (Å²) < 4.78 is 16.8. The van der Waals surface area contributed by atoms with E-state index in [-0.39, 0.29) is 31.1 Å². The van der Waals surface area contributed by atoms with E-state index < -0.39 is 6.10 Å². The molecule has 0 amide bonds. The zero-order chi connectivity index (χ0) is 52.2. The standard InChI is InChI=1S/C66H124O6/c1-4-7-10-13-16-19-21-23-25-26-27-28-29-30-31-32-33-34-35-36-37-38-39-40-42-43-45-47-50-53-56-59-65(68)71-62-63(61-70-64(67)58-55-52-49-18-15-12-9-6-3)72-66(69)60-57-54-51-48-46-44-41-24-22-20-17-14-11-8-5-2/h17,20,24,41,63H,4-16,18-19,21-23,25-40,42-62H2,1-3H3/b20-17-,41-24-. The molecule has 0 aromatic carbocycles. The molecule has 0 saturated carbocycles. The summed E-state index contributed by atoms with van der Waals surface area (Å²) in [6, 6.07) is 0. The lowest BCUT2D eigenvalue weighted by Crippen LogP contribution is -2.30. The maximum absolute atomic E-state index is 12.8. The Labute approximate surface area is 449 Å². The molecule has 6 heteroatoms. The minimum atomic E-state index is -0.773. The van der Waals surface area contributed by atoms with Gasteiger partial charge in [-0.2, -0.15) is 0 Å². The average Bonchev–Trinajstić information content (AvgIpc) is 3.38. The van der Waals surface area contributed by atoms with E-state index in [0.717, 1.165) is 77.0 Å². The second-order valence-electron chi connectivity index (χ2n) is 22.0. The van der Waals surface area contributed by atoms with Crippen molar-refractivity contribution in [3.05, 3.63) is 24.3 Å². The first-order valence-electron chi connectivity index (χ1n) is 32.3. The fraction of sp³-hybridized carbons (Fsp3) is 0.894. The first-order valence-corrected chi connectivity index (χ1v) is 32.3. The molecule has 1 atom stereocenters. The van der Waals surface area contributed by atoms with Crippen molar-refractivity contribution in [1.82, 2.24) is 0 Å². The molecule has 0 aliphatic heterocycles. The molecule has 0 aromatic rings. The third kappa shape index (κ3) is 58.8. The van der Waals surface area contributed by atoms with Crippen molar-refractivity contribution in [2.24, 2.45) is 0 Å². The van der Waals surface area contributed by atoms with Gasteiger partial charge in [-0.1, -0.05) is 315 Å². The number of carbonyl (C=O) groups is 3. The maximum Gasteiger partial charge on any atom is 0.306 e. The summed E-state index contributed by atoms with van der Waals surface area (Å²) in [4.78, 5) is 38.0. The van der Waals surface area contributed by atoms with Gasteiger partial charge in [-0.25, -0.2) is 0 Å². The minimum absolute atomic E-state index is 0.0720. The summed E-state index contributed by atoms with van der Waals surface area (Å²) in [6.07, 6.45) is 73.7. The monoisotopic (exact) mass is 1010 g/mol. The van der Waals surface area contributed by atoms with Gasteiger partial charge in [-0.3, -0.25) is 14.4 Å². The molecule has 0 spiro atoms. The van der Waals surface area contributed by atoms with Gasteiger partial charge < -0.3 is 14.2 Å². The van der Waals surface area contributed by atoms with E-state index in [1.54, 1.807) is 0 Å². The molecule has 0 aliphatic rings. The molecule has 0 saturated heterocycles. The molecule has 424 valence electrons. The first-order chi connectivity index (χ1) is 35.5. The van der Waals surface area contributed by atoms with Crippen LogP contribution in [0.3, 0.4) is 0 Å². The summed E-state index contributed by atoms with van der Waals surface area (Å²) in [6.45, 7) is 6.63. The molecule has 0 aliphatic carbocycles. The lowest BCUT2D eigenvalue weighted by Gasteiger charge is -2.18. The number of hydrogen-bond donors (Lipinski definition) is 0. The van der Waals surface area contributed by atoms with E-state index in [1.807, 2.05) is 0 Å². The third-order valence-corrected chi connectivity index (χ3v) is 14.7. The predicted molar refractivity (Wildman–Crippen MR) is 312 cm³/mol. The van der Waals surface area contributed by atoms with E-state index >= 15 is 0 Å². The summed E-state index contributed by atoms with van der Waals surface area (Å²) in [5.41, 5.74) is 0. The van der Waals surface area contributed by atoms with E-state index in [2.05, 4.69) is 45.1 Å². The summed E-state index contributed by atoms with van der Waals surface area (Å²) in [5.74, 6) is -0.870. The van der Waals surface area contributed by atoms with Crippen LogP contribution in [0, 0.1) is 0 Å². The van der Waals surface area contributed by atoms with Gasteiger partial charge in [0, 0.05) is 19.3 Å². The van der Waals surface area contributed by atoms with Gasteiger partial charge in [0.1, 0.15) is 13.2 Å². The molecule has 72 heavy (non-hydrogen) atoms. The molecule has 0 radical (unpaired) electrons. The van der Waals surface area contributed by atoms with Crippen LogP contribution in [0.5, 0.6) is 0 Å². The molecule has 0 rings (SSSR count). The normalized spacial score (nSPS) is 12.1. The van der Waals surface area contributed by atoms with Crippen LogP contribution in [0.25, 0.3) is 0 Å². The van der Waals surface area contributed by atoms with Gasteiger partial charge in [0.2, 0.25) is 0 Å². The van der Waals surface area contributed by atoms with Crippen LogP contribution < -0.4 is 0 Å². The number of rotatable bonds is 60. The minimum Gasteiger partial charge on any atom is -0.462 e. The van der Waals surface area contributed by atoms with Crippen molar-refractivity contribution < 1.29 is 28.6 Å². The van der Waals surface area contributed by atoms with Crippen LogP contribution in [-0.4, -0.2) is 37.2 Å². The Morgan fingerprint density at radius 3 is 0.792 bits per heavy atom. The number of carbonyl (C=O) groups excluding carboxylic acids is 3. The van der Waals surface area contributed by atoms with Crippen LogP contribution in [0.1, 0.15) is 361 Å². The number of ether oxygens (including phenoxy) is 3. The van der Waals surface area contributed by atoms with E-state index in [4.69, 9.17) is 14.2 Å². The lowest BCUT2D eigenvalue weighted by atomic mass is 10.0. The van der Waals surface area contributed by atoms with Gasteiger partial charge >= 0.3 is 17.9 Å². The Morgan fingerprint density at radius 1 is 0.278 bits per heavy atom. The highest BCUT2D eigenvalue weighted by molar-refractivity contribution is 5.71. The molecule has 0 heterocycles. The lowest BCUT2D eigenvalue weighted by molar-refractivity contribution is -0.167. The molecule has 6 nitrogen and oxygen atoms in total. The number of unbranched alkanes of at least 4 members (excludes halogenated alkanes) is 45. The highest BCUT2D eigenvalue weighted by Crippen LogP contribution is 2.18. The Balaban J connectivity index is 3.99. The van der Waals surface area contributed by atoms with Crippen molar-refractivity contribution in [3.63, 3.8) is 0 Å². The SMILES string of the molecule is CCCCC/C=C\C/C=C\CCCCCCCC(=O)OC(COC(=O)CCCCCCCCCC)COC(=O)CCCCCCCCCCCCCCCCCCCCCCCCCCCCCCCCC.